The molecule has 0 bridgehead atoms. The number of halogens is 1. The molecule has 172 valence electrons. The number of para-hydroxylation sites is 1. The molecule has 34 heavy (non-hydrogen) atoms. The van der Waals surface area contributed by atoms with Crippen molar-refractivity contribution in [3.8, 4) is 11.3 Å². The van der Waals surface area contributed by atoms with Crippen LogP contribution < -0.4 is 10.0 Å². The number of amides is 1. The molecule has 1 amide bonds. The zero-order valence-corrected chi connectivity index (χ0v) is 20.2. The van der Waals surface area contributed by atoms with Gasteiger partial charge in [-0.1, -0.05) is 65.4 Å². The number of thiazole rings is 1. The first-order valence-electron chi connectivity index (χ1n) is 10.0. The summed E-state index contributed by atoms with van der Waals surface area (Å²) in [5.41, 5.74) is 1.42. The van der Waals surface area contributed by atoms with Gasteiger partial charge in [0.2, 0.25) is 0 Å². The van der Waals surface area contributed by atoms with Gasteiger partial charge in [0.1, 0.15) is 0 Å². The number of hydrogen-bond acceptors (Lipinski definition) is 6. The molecule has 3 aromatic carbocycles. The fraction of sp³-hybridized carbons (Fsp3) is 0.0417. The van der Waals surface area contributed by atoms with E-state index >= 15 is 0 Å². The molecule has 7 nitrogen and oxygen atoms in total. The molecular formula is C24H18ClN3O4S2. The minimum atomic E-state index is -3.96. The van der Waals surface area contributed by atoms with Crippen LogP contribution in [-0.2, 0) is 10.0 Å². The van der Waals surface area contributed by atoms with Crippen LogP contribution in [0.3, 0.4) is 0 Å². The van der Waals surface area contributed by atoms with Crippen LogP contribution in [0.1, 0.15) is 27.0 Å². The fourth-order valence-electron chi connectivity index (χ4n) is 3.16. The van der Waals surface area contributed by atoms with Gasteiger partial charge in [0.25, 0.3) is 15.9 Å². The SMILES string of the molecule is CC(=O)c1sc(NC(=O)c2ccccc2NS(=O)(=O)c2ccc(Cl)cc2)nc1-c1ccccc1. The summed E-state index contributed by atoms with van der Waals surface area (Å²) in [4.78, 5) is 30.1. The number of ketones is 1. The summed E-state index contributed by atoms with van der Waals surface area (Å²) in [5.74, 6) is -0.745. The van der Waals surface area contributed by atoms with E-state index in [1.165, 1.54) is 43.3 Å². The van der Waals surface area contributed by atoms with E-state index in [1.807, 2.05) is 30.3 Å². The third-order valence-corrected chi connectivity index (χ3v) is 7.46. The first-order chi connectivity index (χ1) is 16.2. The van der Waals surface area contributed by atoms with Gasteiger partial charge < -0.3 is 0 Å². The van der Waals surface area contributed by atoms with E-state index in [0.717, 1.165) is 16.9 Å². The van der Waals surface area contributed by atoms with Crippen LogP contribution in [0, 0.1) is 0 Å². The maximum atomic E-state index is 13.0. The van der Waals surface area contributed by atoms with Crippen LogP contribution in [0.2, 0.25) is 5.02 Å². The van der Waals surface area contributed by atoms with Crippen LogP contribution in [0.25, 0.3) is 11.3 Å². The summed E-state index contributed by atoms with van der Waals surface area (Å²) < 4.78 is 28.0. The number of anilines is 2. The molecule has 0 atom stereocenters. The maximum Gasteiger partial charge on any atom is 0.261 e. The van der Waals surface area contributed by atoms with Crippen molar-refractivity contribution in [2.75, 3.05) is 10.0 Å². The van der Waals surface area contributed by atoms with E-state index in [0.29, 0.717) is 15.6 Å². The van der Waals surface area contributed by atoms with Gasteiger partial charge >= 0.3 is 0 Å². The normalized spacial score (nSPS) is 11.1. The zero-order valence-electron chi connectivity index (χ0n) is 17.8. The van der Waals surface area contributed by atoms with Gasteiger partial charge in [-0.05, 0) is 36.4 Å². The lowest BCUT2D eigenvalue weighted by atomic mass is 10.1. The van der Waals surface area contributed by atoms with Crippen molar-refractivity contribution < 1.29 is 18.0 Å². The maximum absolute atomic E-state index is 13.0. The number of nitrogens with one attached hydrogen (secondary N) is 2. The van der Waals surface area contributed by atoms with Gasteiger partial charge in [0, 0.05) is 17.5 Å². The average Bonchev–Trinajstić information content (AvgIpc) is 3.24. The van der Waals surface area contributed by atoms with Crippen molar-refractivity contribution in [2.45, 2.75) is 11.8 Å². The molecule has 0 radical (unpaired) electrons. The van der Waals surface area contributed by atoms with E-state index < -0.39 is 15.9 Å². The van der Waals surface area contributed by atoms with Gasteiger partial charge in [0.15, 0.2) is 10.9 Å². The third kappa shape index (κ3) is 5.17. The minimum Gasteiger partial charge on any atom is -0.298 e. The van der Waals surface area contributed by atoms with Crippen LogP contribution in [-0.4, -0.2) is 25.1 Å². The lowest BCUT2D eigenvalue weighted by molar-refractivity contribution is 0.101. The van der Waals surface area contributed by atoms with Crippen molar-refractivity contribution in [2.24, 2.45) is 0 Å². The Hall–Kier alpha value is -3.53. The number of nitrogens with zero attached hydrogens (tertiary/aromatic N) is 1. The van der Waals surface area contributed by atoms with E-state index in [-0.39, 0.29) is 27.1 Å². The molecule has 4 rings (SSSR count). The van der Waals surface area contributed by atoms with Crippen molar-refractivity contribution in [3.05, 3.63) is 94.3 Å². The van der Waals surface area contributed by atoms with E-state index in [1.54, 1.807) is 12.1 Å². The lowest BCUT2D eigenvalue weighted by Crippen LogP contribution is -2.18. The van der Waals surface area contributed by atoms with Gasteiger partial charge in [-0.15, -0.1) is 0 Å². The minimum absolute atomic E-state index is 0.00522. The predicted octanol–water partition coefficient (Wildman–Crippen LogP) is 5.72. The summed E-state index contributed by atoms with van der Waals surface area (Å²) in [6, 6.07) is 21.1. The highest BCUT2D eigenvalue weighted by molar-refractivity contribution is 7.92. The number of benzene rings is 3. The Morgan fingerprint density at radius 3 is 2.24 bits per heavy atom. The Balaban J connectivity index is 1.62. The zero-order chi connectivity index (χ0) is 24.3. The Labute approximate surface area is 205 Å². The predicted molar refractivity (Wildman–Crippen MR) is 134 cm³/mol. The number of rotatable bonds is 7. The number of Topliss-reactive ketones (excluding diaryl/α,β-unsaturated/α-hetero) is 1. The topological polar surface area (TPSA) is 105 Å². The monoisotopic (exact) mass is 511 g/mol. The first kappa shape index (κ1) is 23.6. The van der Waals surface area contributed by atoms with Gasteiger partial charge in [-0.25, -0.2) is 13.4 Å². The Morgan fingerprint density at radius 2 is 1.56 bits per heavy atom. The van der Waals surface area contributed by atoms with Crippen LogP contribution in [0.4, 0.5) is 10.8 Å². The second kappa shape index (κ2) is 9.76. The molecule has 10 heteroatoms. The Morgan fingerprint density at radius 1 is 0.912 bits per heavy atom. The van der Waals surface area contributed by atoms with Gasteiger partial charge in [0.05, 0.1) is 26.7 Å². The standard InChI is InChI=1S/C24H18ClN3O4S2/c1-15(29)22-21(16-7-3-2-4-8-16)26-24(33-22)27-23(30)19-9-5-6-10-20(19)28-34(31,32)18-13-11-17(25)12-14-18/h2-14,28H,1H3,(H,26,27,30). The van der Waals surface area contributed by atoms with Crippen molar-refractivity contribution in [1.29, 1.82) is 0 Å². The molecule has 0 saturated carbocycles. The summed E-state index contributed by atoms with van der Waals surface area (Å²) in [6.45, 7) is 1.44. The summed E-state index contributed by atoms with van der Waals surface area (Å²) in [7, 11) is -3.96. The largest absolute Gasteiger partial charge is 0.298 e. The van der Waals surface area contributed by atoms with Crippen LogP contribution in [0.15, 0.2) is 83.8 Å². The highest BCUT2D eigenvalue weighted by Crippen LogP contribution is 2.32. The molecule has 0 unspecified atom stereocenters. The molecule has 2 N–H and O–H groups in total. The first-order valence-corrected chi connectivity index (χ1v) is 12.7. The van der Waals surface area contributed by atoms with Crippen molar-refractivity contribution >= 4 is 55.5 Å². The lowest BCUT2D eigenvalue weighted by Gasteiger charge is -2.12. The van der Waals surface area contributed by atoms with Crippen molar-refractivity contribution in [1.82, 2.24) is 4.98 Å². The number of aromatic nitrogens is 1. The number of sulfonamides is 1. The summed E-state index contributed by atoms with van der Waals surface area (Å²) in [6.07, 6.45) is 0. The second-order valence-electron chi connectivity index (χ2n) is 7.18. The van der Waals surface area contributed by atoms with Crippen LogP contribution >= 0.6 is 22.9 Å². The molecule has 0 saturated heterocycles. The summed E-state index contributed by atoms with van der Waals surface area (Å²) in [5, 5.41) is 3.31. The van der Waals surface area contributed by atoms with Gasteiger partial charge in [-0.2, -0.15) is 0 Å². The molecule has 4 aromatic rings. The van der Waals surface area contributed by atoms with E-state index in [4.69, 9.17) is 11.6 Å². The highest BCUT2D eigenvalue weighted by Gasteiger charge is 2.21. The quantitative estimate of drug-likeness (QED) is 0.309. The Kier molecular flexibility index (Phi) is 6.78. The molecule has 0 fully saturated rings. The molecule has 0 spiro atoms. The molecule has 1 heterocycles. The van der Waals surface area contributed by atoms with E-state index in [9.17, 15) is 18.0 Å². The highest BCUT2D eigenvalue weighted by atomic mass is 35.5. The Bertz CT molecular complexity index is 1470. The average molecular weight is 512 g/mol. The summed E-state index contributed by atoms with van der Waals surface area (Å²) >= 11 is 6.90. The second-order valence-corrected chi connectivity index (χ2v) is 10.3. The number of carbonyl (C=O) groups excluding carboxylic acids is 2. The van der Waals surface area contributed by atoms with E-state index in [2.05, 4.69) is 15.0 Å². The molecule has 0 aliphatic heterocycles. The molecule has 0 aliphatic rings. The van der Waals surface area contributed by atoms with Crippen molar-refractivity contribution in [3.63, 3.8) is 0 Å². The van der Waals surface area contributed by atoms with Gasteiger partial charge in [-0.3, -0.25) is 19.6 Å². The third-order valence-electron chi connectivity index (χ3n) is 4.75. The molecular weight excluding hydrogens is 494 g/mol. The smallest absolute Gasteiger partial charge is 0.261 e. The number of carbonyl (C=O) groups is 2. The number of hydrogen-bond donors (Lipinski definition) is 2. The fourth-order valence-corrected chi connectivity index (χ4v) is 5.24. The molecule has 0 aliphatic carbocycles. The van der Waals surface area contributed by atoms with Crippen LogP contribution in [0.5, 0.6) is 0 Å². The molecule has 1 aromatic heterocycles.